The molecule has 0 amide bonds. The minimum absolute atomic E-state index is 0.0239. The average Bonchev–Trinajstić information content (AvgIpc) is 2.63. The minimum atomic E-state index is -0.195. The number of fused-ring (bicyclic) bond motifs is 1. The molecule has 0 aromatic heterocycles. The summed E-state index contributed by atoms with van der Waals surface area (Å²) in [5, 5.41) is 3.01. The van der Waals surface area contributed by atoms with Crippen molar-refractivity contribution in [2.45, 2.75) is 25.4 Å². The number of nitrogens with zero attached hydrogens (tertiary/aromatic N) is 2. The lowest BCUT2D eigenvalue weighted by Gasteiger charge is -2.36. The summed E-state index contributed by atoms with van der Waals surface area (Å²) < 4.78 is 13.6. The molecular weight excluding hydrogens is 301 g/mol. The van der Waals surface area contributed by atoms with Crippen molar-refractivity contribution in [2.75, 3.05) is 18.4 Å². The highest BCUT2D eigenvalue weighted by Crippen LogP contribution is 2.39. The van der Waals surface area contributed by atoms with Crippen molar-refractivity contribution < 1.29 is 4.39 Å². The van der Waals surface area contributed by atoms with Crippen molar-refractivity contribution in [2.24, 2.45) is 10.9 Å². The van der Waals surface area contributed by atoms with Crippen LogP contribution in [-0.4, -0.2) is 24.3 Å². The van der Waals surface area contributed by atoms with Crippen LogP contribution in [0.2, 0.25) is 0 Å². The minimum Gasteiger partial charge on any atom is -0.337 e. The van der Waals surface area contributed by atoms with Gasteiger partial charge in [0.25, 0.3) is 0 Å². The predicted molar refractivity (Wildman–Crippen MR) is 94.6 cm³/mol. The molecule has 1 N–H and O–H groups in total. The molecule has 123 valence electrons. The second kappa shape index (κ2) is 6.73. The number of halogens is 1. The largest absolute Gasteiger partial charge is 0.337 e. The van der Waals surface area contributed by atoms with Gasteiger partial charge < -0.3 is 5.32 Å². The third-order valence-corrected chi connectivity index (χ3v) is 5.05. The smallest absolute Gasteiger partial charge is 0.169 e. The van der Waals surface area contributed by atoms with Gasteiger partial charge in [-0.05, 0) is 55.6 Å². The lowest BCUT2D eigenvalue weighted by molar-refractivity contribution is 0.163. The average molecular weight is 322 g/mol. The molecule has 4 rings (SSSR count). The van der Waals surface area contributed by atoms with Crippen molar-refractivity contribution in [1.29, 1.82) is 0 Å². The van der Waals surface area contributed by atoms with Crippen molar-refractivity contribution in [3.05, 3.63) is 65.5 Å². The molecule has 1 atom stereocenters. The van der Waals surface area contributed by atoms with Crippen LogP contribution < -0.4 is 5.32 Å². The van der Waals surface area contributed by atoms with Gasteiger partial charge in [0, 0.05) is 17.8 Å². The van der Waals surface area contributed by atoms with Gasteiger partial charge in [-0.1, -0.05) is 30.3 Å². The molecule has 0 bridgehead atoms. The molecule has 1 radical (unpaired) electrons. The summed E-state index contributed by atoms with van der Waals surface area (Å²) in [5.74, 6) is 0.256. The highest BCUT2D eigenvalue weighted by Gasteiger charge is 2.30. The Morgan fingerprint density at radius 1 is 1.12 bits per heavy atom. The van der Waals surface area contributed by atoms with E-state index in [0.29, 0.717) is 5.92 Å². The maximum absolute atomic E-state index is 13.6. The molecular formula is C20H21FN3. The predicted octanol–water partition coefficient (Wildman–Crippen LogP) is 4.11. The zero-order chi connectivity index (χ0) is 16.4. The van der Waals surface area contributed by atoms with Crippen LogP contribution in [0.4, 0.5) is 10.1 Å². The normalized spacial score (nSPS) is 21.3. The van der Waals surface area contributed by atoms with E-state index in [2.05, 4.69) is 51.9 Å². The second-order valence-corrected chi connectivity index (χ2v) is 6.64. The van der Waals surface area contributed by atoms with Crippen molar-refractivity contribution in [1.82, 2.24) is 4.90 Å². The van der Waals surface area contributed by atoms with Gasteiger partial charge in [0.1, 0.15) is 5.82 Å². The number of aliphatic imine (C=N–C) groups is 1. The molecule has 0 aliphatic carbocycles. The summed E-state index contributed by atoms with van der Waals surface area (Å²) in [4.78, 5) is 6.99. The van der Waals surface area contributed by atoms with E-state index in [-0.39, 0.29) is 11.9 Å². The second-order valence-electron chi connectivity index (χ2n) is 6.64. The van der Waals surface area contributed by atoms with Gasteiger partial charge in [-0.25, -0.2) is 4.39 Å². The van der Waals surface area contributed by atoms with Crippen LogP contribution in [0.1, 0.15) is 30.0 Å². The Bertz CT molecular complexity index is 721. The summed E-state index contributed by atoms with van der Waals surface area (Å²) in [6.07, 6.45) is 5.06. The van der Waals surface area contributed by atoms with E-state index in [1.54, 1.807) is 12.1 Å². The number of anilines is 1. The van der Waals surface area contributed by atoms with E-state index in [1.807, 2.05) is 0 Å². The molecule has 0 spiro atoms. The topological polar surface area (TPSA) is 27.6 Å². The van der Waals surface area contributed by atoms with Crippen molar-refractivity contribution in [3.8, 4) is 0 Å². The third kappa shape index (κ3) is 3.20. The van der Waals surface area contributed by atoms with E-state index in [9.17, 15) is 4.39 Å². The Balaban J connectivity index is 1.42. The van der Waals surface area contributed by atoms with Crippen LogP contribution in [-0.2, 0) is 6.54 Å². The van der Waals surface area contributed by atoms with E-state index < -0.39 is 0 Å². The van der Waals surface area contributed by atoms with Gasteiger partial charge in [0.05, 0.1) is 6.04 Å². The molecule has 4 heteroatoms. The van der Waals surface area contributed by atoms with Crippen LogP contribution in [0.5, 0.6) is 0 Å². The molecule has 1 fully saturated rings. The number of nitrogens with one attached hydrogen (secondary N) is 1. The number of hydrogen-bond donors (Lipinski definition) is 1. The van der Waals surface area contributed by atoms with Gasteiger partial charge in [-0.3, -0.25) is 9.89 Å². The van der Waals surface area contributed by atoms with Crippen LogP contribution in [0.15, 0.2) is 53.5 Å². The quantitative estimate of drug-likeness (QED) is 0.921. The van der Waals surface area contributed by atoms with E-state index in [1.165, 1.54) is 11.6 Å². The fourth-order valence-electron chi connectivity index (χ4n) is 3.75. The molecule has 2 aliphatic rings. The molecule has 1 saturated heterocycles. The van der Waals surface area contributed by atoms with Gasteiger partial charge in [0.2, 0.25) is 0 Å². The van der Waals surface area contributed by atoms with Crippen molar-refractivity contribution >= 4 is 12.0 Å². The zero-order valence-electron chi connectivity index (χ0n) is 13.6. The Hall–Kier alpha value is -2.20. The first kappa shape index (κ1) is 15.3. The summed E-state index contributed by atoms with van der Waals surface area (Å²) in [6.45, 7) is 3.12. The Morgan fingerprint density at radius 3 is 2.71 bits per heavy atom. The summed E-state index contributed by atoms with van der Waals surface area (Å²) in [7, 11) is 0. The van der Waals surface area contributed by atoms with Crippen LogP contribution >= 0.6 is 0 Å². The molecule has 1 unspecified atom stereocenters. The highest BCUT2D eigenvalue weighted by molar-refractivity contribution is 5.80. The number of rotatable bonds is 3. The molecule has 24 heavy (non-hydrogen) atoms. The molecule has 3 nitrogen and oxygen atoms in total. The van der Waals surface area contributed by atoms with Gasteiger partial charge in [0.15, 0.2) is 6.34 Å². The highest BCUT2D eigenvalue weighted by atomic mass is 19.1. The van der Waals surface area contributed by atoms with Gasteiger partial charge >= 0.3 is 0 Å². The first-order valence-electron chi connectivity index (χ1n) is 8.56. The Labute approximate surface area is 142 Å². The molecule has 2 aliphatic heterocycles. The Kier molecular flexibility index (Phi) is 4.30. The number of likely N-dealkylation sites (tertiary alicyclic amines) is 1. The molecule has 2 heterocycles. The first-order valence-corrected chi connectivity index (χ1v) is 8.56. The molecule has 2 aromatic rings. The van der Waals surface area contributed by atoms with Gasteiger partial charge in [-0.15, -0.1) is 0 Å². The third-order valence-electron chi connectivity index (χ3n) is 5.05. The zero-order valence-corrected chi connectivity index (χ0v) is 13.6. The molecule has 2 aromatic carbocycles. The SMILES string of the molecule is Fc1ccc2c(c1)C(C1CCN(Cc3ccccc3)CC1)N=[C]N2. The fraction of sp³-hybridized carbons (Fsp3) is 0.350. The number of piperidine rings is 1. The standard InChI is InChI=1S/C20H21FN3/c21-17-6-7-19-18(12-17)20(23-14-22-19)16-8-10-24(11-9-16)13-15-4-2-1-3-5-15/h1-7,12,16,20H,8-11,13H2,(H,22,23). The lowest BCUT2D eigenvalue weighted by Crippen LogP contribution is -2.35. The number of hydrogen-bond acceptors (Lipinski definition) is 3. The summed E-state index contributed by atoms with van der Waals surface area (Å²) in [6, 6.07) is 15.5. The van der Waals surface area contributed by atoms with E-state index >= 15 is 0 Å². The lowest BCUT2D eigenvalue weighted by atomic mass is 9.84. The number of benzene rings is 2. The maximum atomic E-state index is 13.6. The van der Waals surface area contributed by atoms with Gasteiger partial charge in [-0.2, -0.15) is 0 Å². The van der Waals surface area contributed by atoms with E-state index in [4.69, 9.17) is 0 Å². The van der Waals surface area contributed by atoms with E-state index in [0.717, 1.165) is 43.7 Å². The van der Waals surface area contributed by atoms with Crippen molar-refractivity contribution in [3.63, 3.8) is 0 Å². The van der Waals surface area contributed by atoms with Crippen LogP contribution in [0, 0.1) is 11.7 Å². The van der Waals surface area contributed by atoms with Crippen LogP contribution in [0.3, 0.4) is 0 Å². The molecule has 0 saturated carbocycles. The Morgan fingerprint density at radius 2 is 1.92 bits per heavy atom. The summed E-state index contributed by atoms with van der Waals surface area (Å²) >= 11 is 0. The summed E-state index contributed by atoms with van der Waals surface area (Å²) in [5.41, 5.74) is 3.26. The fourth-order valence-corrected chi connectivity index (χ4v) is 3.75. The monoisotopic (exact) mass is 322 g/mol. The maximum Gasteiger partial charge on any atom is 0.169 e. The first-order chi connectivity index (χ1) is 11.8. The van der Waals surface area contributed by atoms with Crippen LogP contribution in [0.25, 0.3) is 0 Å².